The van der Waals surface area contributed by atoms with Crippen LogP contribution in [0.5, 0.6) is 0 Å². The van der Waals surface area contributed by atoms with Crippen LogP contribution in [0.25, 0.3) is 0 Å². The Balaban J connectivity index is 3.36. The van der Waals surface area contributed by atoms with Crippen molar-refractivity contribution >= 4 is 6.26 Å². The SMILES string of the molecule is [2H]C(=O)CCCCCCCCC([2H])([2H])CCCCCC. The fourth-order valence-corrected chi connectivity index (χ4v) is 1.96. The van der Waals surface area contributed by atoms with Gasteiger partial charge in [0.2, 0.25) is 0 Å². The Morgan fingerprint density at radius 1 is 0.824 bits per heavy atom. The quantitative estimate of drug-likeness (QED) is 0.284. The third kappa shape index (κ3) is 15.7. The number of hydrogen-bond acceptors (Lipinski definition) is 1. The lowest BCUT2D eigenvalue weighted by Crippen LogP contribution is -1.83. The first kappa shape index (κ1) is 11.7. The number of unbranched alkanes of at least 4 members (excludes halogenated alkanes) is 8. The number of carbonyl (C=O) groups is 1. The van der Waals surface area contributed by atoms with Gasteiger partial charge < -0.3 is 4.79 Å². The summed E-state index contributed by atoms with van der Waals surface area (Å²) in [6.07, 6.45) is 11.1. The second-order valence-corrected chi connectivity index (χ2v) is 4.83. The van der Waals surface area contributed by atoms with Crippen LogP contribution < -0.4 is 0 Å². The number of aldehydes is 1. The minimum atomic E-state index is -0.981. The summed E-state index contributed by atoms with van der Waals surface area (Å²) < 4.78 is 22.7. The van der Waals surface area contributed by atoms with Crippen LogP contribution in [-0.4, -0.2) is 6.26 Å². The molecule has 0 aromatic rings. The van der Waals surface area contributed by atoms with Gasteiger partial charge in [0, 0.05) is 9.16 Å². The van der Waals surface area contributed by atoms with Crippen molar-refractivity contribution < 1.29 is 8.91 Å². The van der Waals surface area contributed by atoms with Crippen molar-refractivity contribution in [1.29, 1.82) is 0 Å². The Labute approximate surface area is 113 Å². The Kier molecular flexibility index (Phi) is 10.8. The molecule has 0 fully saturated rings. The summed E-state index contributed by atoms with van der Waals surface area (Å²) in [6.45, 7) is 2.18. The summed E-state index contributed by atoms with van der Waals surface area (Å²) in [5, 5.41) is 0. The molecule has 0 saturated carbocycles. The Hall–Kier alpha value is -0.330. The molecule has 102 valence electrons. The molecule has 0 bridgehead atoms. The highest BCUT2D eigenvalue weighted by atomic mass is 16.1. The van der Waals surface area contributed by atoms with Crippen molar-refractivity contribution in [2.75, 3.05) is 0 Å². The van der Waals surface area contributed by atoms with Crippen LogP contribution in [0, 0.1) is 0 Å². The maximum atomic E-state index is 10.4. The molecule has 0 unspecified atom stereocenters. The fourth-order valence-electron chi connectivity index (χ4n) is 1.96. The van der Waals surface area contributed by atoms with Gasteiger partial charge in [-0.05, 0) is 6.42 Å². The predicted molar refractivity (Wildman–Crippen MR) is 76.4 cm³/mol. The zero-order valence-corrected chi connectivity index (χ0v) is 11.6. The summed E-state index contributed by atoms with van der Waals surface area (Å²) in [6, 6.07) is 0. The van der Waals surface area contributed by atoms with Gasteiger partial charge in [-0.3, -0.25) is 0 Å². The zero-order valence-electron chi connectivity index (χ0n) is 14.6. The lowest BCUT2D eigenvalue weighted by molar-refractivity contribution is -0.107. The van der Waals surface area contributed by atoms with E-state index in [1.54, 1.807) is 0 Å². The first-order valence-electron chi connectivity index (χ1n) is 8.97. The largest absolute Gasteiger partial charge is 0.303 e. The summed E-state index contributed by atoms with van der Waals surface area (Å²) in [7, 11) is 0. The third-order valence-corrected chi connectivity index (χ3v) is 3.09. The maximum Gasteiger partial charge on any atom is 0.119 e. The Morgan fingerprint density at radius 2 is 1.29 bits per heavy atom. The minimum Gasteiger partial charge on any atom is -0.303 e. The lowest BCUT2D eigenvalue weighted by atomic mass is 10.0. The molecule has 0 spiro atoms. The molecule has 0 aliphatic rings. The molecule has 0 rings (SSSR count). The molecule has 0 aromatic heterocycles. The van der Waals surface area contributed by atoms with E-state index in [1.165, 1.54) is 12.8 Å². The van der Waals surface area contributed by atoms with Crippen LogP contribution in [0.4, 0.5) is 0 Å². The van der Waals surface area contributed by atoms with Crippen molar-refractivity contribution in [1.82, 2.24) is 0 Å². The number of carbonyl (C=O) groups excluding carboxylic acids is 1. The zero-order chi connectivity index (χ0) is 15.3. The molecule has 0 saturated heterocycles. The van der Waals surface area contributed by atoms with E-state index >= 15 is 0 Å². The van der Waals surface area contributed by atoms with E-state index in [0.29, 0.717) is 19.3 Å². The molecule has 0 radical (unpaired) electrons. The molecule has 0 aliphatic carbocycles. The van der Waals surface area contributed by atoms with Crippen LogP contribution in [0.15, 0.2) is 0 Å². The van der Waals surface area contributed by atoms with Gasteiger partial charge in [-0.1, -0.05) is 83.9 Å². The summed E-state index contributed by atoms with van der Waals surface area (Å²) >= 11 is 0. The molecule has 0 heterocycles. The first-order chi connectivity index (χ1) is 9.48. The maximum absolute atomic E-state index is 10.4. The molecule has 0 aromatic carbocycles. The molecular weight excluding hydrogens is 208 g/mol. The molecule has 0 N–H and O–H groups in total. The van der Waals surface area contributed by atoms with Crippen LogP contribution in [0.3, 0.4) is 0 Å². The van der Waals surface area contributed by atoms with E-state index in [1.807, 2.05) is 0 Å². The van der Waals surface area contributed by atoms with Crippen molar-refractivity contribution in [3.05, 3.63) is 0 Å². The average molecular weight is 243 g/mol. The normalized spacial score (nSPS) is 14.1. The fraction of sp³-hybridized carbons (Fsp3) is 0.938. The van der Waals surface area contributed by atoms with E-state index in [9.17, 15) is 4.79 Å². The minimum absolute atomic E-state index is 0.389. The van der Waals surface area contributed by atoms with E-state index in [2.05, 4.69) is 6.92 Å². The average Bonchev–Trinajstić information content (AvgIpc) is 2.37. The monoisotopic (exact) mass is 243 g/mol. The lowest BCUT2D eigenvalue weighted by Gasteiger charge is -2.02. The standard InChI is InChI=1S/C16H32O/c1-2-3-4-5-6-7-8-9-10-11-12-13-14-15-16-17/h16H,2-15H2,1H3/i7D2,16D. The van der Waals surface area contributed by atoms with Gasteiger partial charge in [-0.15, -0.1) is 0 Å². The molecule has 0 amide bonds. The second-order valence-electron chi connectivity index (χ2n) is 4.83. The van der Waals surface area contributed by atoms with Gasteiger partial charge in [0.1, 0.15) is 7.63 Å². The van der Waals surface area contributed by atoms with Gasteiger partial charge in [0.05, 0.1) is 0 Å². The van der Waals surface area contributed by atoms with Gasteiger partial charge in [-0.25, -0.2) is 0 Å². The summed E-state index contributed by atoms with van der Waals surface area (Å²) in [5.74, 6) is 0. The van der Waals surface area contributed by atoms with Crippen molar-refractivity contribution in [2.24, 2.45) is 0 Å². The Morgan fingerprint density at radius 3 is 1.82 bits per heavy atom. The number of rotatable bonds is 14. The predicted octanol–water partition coefficient (Wildman–Crippen LogP) is 5.67. The highest BCUT2D eigenvalue weighted by Crippen LogP contribution is 2.12. The van der Waals surface area contributed by atoms with Crippen LogP contribution in [-0.2, 0) is 4.79 Å². The van der Waals surface area contributed by atoms with E-state index in [4.69, 9.17) is 4.11 Å². The van der Waals surface area contributed by atoms with E-state index < -0.39 is 12.6 Å². The first-order valence-corrected chi connectivity index (χ1v) is 7.47. The smallest absolute Gasteiger partial charge is 0.119 e. The number of hydrogen-bond donors (Lipinski definition) is 0. The van der Waals surface area contributed by atoms with Crippen molar-refractivity contribution in [3.8, 4) is 0 Å². The van der Waals surface area contributed by atoms with Crippen LogP contribution in [0.1, 0.15) is 101 Å². The van der Waals surface area contributed by atoms with Crippen molar-refractivity contribution in [2.45, 2.75) is 96.8 Å². The highest BCUT2D eigenvalue weighted by molar-refractivity contribution is 5.48. The Bertz CT molecular complexity index is 242. The topological polar surface area (TPSA) is 17.1 Å². The van der Waals surface area contributed by atoms with Crippen molar-refractivity contribution in [3.63, 3.8) is 0 Å². The molecule has 0 atom stereocenters. The van der Waals surface area contributed by atoms with Gasteiger partial charge in [-0.2, -0.15) is 0 Å². The molecule has 0 aliphatic heterocycles. The van der Waals surface area contributed by atoms with Gasteiger partial charge in [0.15, 0.2) is 0 Å². The van der Waals surface area contributed by atoms with E-state index in [-0.39, 0.29) is 0 Å². The van der Waals surface area contributed by atoms with Crippen LogP contribution >= 0.6 is 0 Å². The summed E-state index contributed by atoms with van der Waals surface area (Å²) in [5.41, 5.74) is 0. The highest BCUT2D eigenvalue weighted by Gasteiger charge is 1.93. The molecule has 17 heavy (non-hydrogen) atoms. The molecule has 1 nitrogen and oxygen atoms in total. The van der Waals surface area contributed by atoms with Crippen LogP contribution in [0.2, 0.25) is 0 Å². The van der Waals surface area contributed by atoms with Gasteiger partial charge in [0.25, 0.3) is 0 Å². The summed E-state index contributed by atoms with van der Waals surface area (Å²) in [4.78, 5) is 10.4. The third-order valence-electron chi connectivity index (χ3n) is 3.09. The van der Waals surface area contributed by atoms with Gasteiger partial charge >= 0.3 is 0 Å². The second kappa shape index (κ2) is 15.7. The molecule has 1 heteroatoms. The van der Waals surface area contributed by atoms with E-state index in [0.717, 1.165) is 51.4 Å². The molecular formula is C16H32O.